The van der Waals surface area contributed by atoms with Crippen molar-refractivity contribution in [2.24, 2.45) is 10.9 Å². The molecule has 1 aromatic carbocycles. The van der Waals surface area contributed by atoms with E-state index in [1.54, 1.807) is 44.2 Å². The highest BCUT2D eigenvalue weighted by molar-refractivity contribution is 6.06. The number of ether oxygens (including phenoxy) is 1. The van der Waals surface area contributed by atoms with Crippen molar-refractivity contribution in [2.75, 3.05) is 0 Å². The van der Waals surface area contributed by atoms with Crippen LogP contribution in [0.15, 0.2) is 46.6 Å². The predicted molar refractivity (Wildman–Crippen MR) is 111 cm³/mol. The Kier molecular flexibility index (Phi) is 6.50. The first-order chi connectivity index (χ1) is 14.3. The summed E-state index contributed by atoms with van der Waals surface area (Å²) in [7, 11) is 0. The molecule has 2 unspecified atom stereocenters. The third-order valence-electron chi connectivity index (χ3n) is 5.64. The molecule has 2 atom stereocenters. The quantitative estimate of drug-likeness (QED) is 0.544. The summed E-state index contributed by atoms with van der Waals surface area (Å²) in [4.78, 5) is 40.3. The molecule has 3 rings (SSSR count). The lowest BCUT2D eigenvalue weighted by atomic mass is 9.74. The lowest BCUT2D eigenvalue weighted by molar-refractivity contribution is -0.143. The van der Waals surface area contributed by atoms with Gasteiger partial charge in [-0.3, -0.25) is 9.79 Å². The van der Waals surface area contributed by atoms with Crippen molar-refractivity contribution >= 4 is 29.7 Å². The van der Waals surface area contributed by atoms with Gasteiger partial charge in [-0.1, -0.05) is 24.3 Å². The molecule has 1 saturated carbocycles. The second-order valence-electron chi connectivity index (χ2n) is 7.66. The van der Waals surface area contributed by atoms with Gasteiger partial charge < -0.3 is 14.9 Å². The van der Waals surface area contributed by atoms with Gasteiger partial charge in [0.1, 0.15) is 12.0 Å². The highest BCUT2D eigenvalue weighted by Gasteiger charge is 2.41. The second-order valence-corrected chi connectivity index (χ2v) is 7.66. The molecule has 0 radical (unpaired) electrons. The molecule has 0 spiro atoms. The average molecular weight is 411 g/mol. The second kappa shape index (κ2) is 9.07. The number of benzene rings is 1. The number of esters is 1. The summed E-state index contributed by atoms with van der Waals surface area (Å²) in [6.45, 7) is 3.15. The number of aliphatic carboxylic acids is 2. The number of hydrogen-bond acceptors (Lipinski definition) is 5. The summed E-state index contributed by atoms with van der Waals surface area (Å²) in [6.07, 6.45) is 6.64. The largest absolute Gasteiger partial charge is 0.481 e. The fourth-order valence-corrected chi connectivity index (χ4v) is 4.28. The van der Waals surface area contributed by atoms with Crippen LogP contribution in [0.1, 0.15) is 56.6 Å². The molecule has 7 nitrogen and oxygen atoms in total. The van der Waals surface area contributed by atoms with E-state index in [0.717, 1.165) is 25.7 Å². The smallest absolute Gasteiger partial charge is 0.334 e. The Morgan fingerprint density at radius 2 is 1.77 bits per heavy atom. The predicted octanol–water partition coefficient (Wildman–Crippen LogP) is 3.80. The van der Waals surface area contributed by atoms with E-state index in [1.807, 2.05) is 0 Å². The van der Waals surface area contributed by atoms with Gasteiger partial charge in [0, 0.05) is 23.4 Å². The molecule has 0 amide bonds. The van der Waals surface area contributed by atoms with Gasteiger partial charge in [0.25, 0.3) is 0 Å². The number of carboxylic acid groups (broad SMARTS) is 2. The lowest BCUT2D eigenvalue weighted by Gasteiger charge is -2.30. The molecule has 1 aliphatic carbocycles. The van der Waals surface area contributed by atoms with Crippen LogP contribution in [0, 0.1) is 5.92 Å². The van der Waals surface area contributed by atoms with Gasteiger partial charge in [0.2, 0.25) is 0 Å². The van der Waals surface area contributed by atoms with Crippen molar-refractivity contribution in [3.8, 4) is 0 Å². The highest BCUT2D eigenvalue weighted by atomic mass is 16.5. The van der Waals surface area contributed by atoms with Gasteiger partial charge in [-0.05, 0) is 56.7 Å². The van der Waals surface area contributed by atoms with Gasteiger partial charge in [0.15, 0.2) is 0 Å². The first-order valence-corrected chi connectivity index (χ1v) is 9.99. The topological polar surface area (TPSA) is 113 Å². The van der Waals surface area contributed by atoms with E-state index in [4.69, 9.17) is 4.74 Å². The van der Waals surface area contributed by atoms with Crippen LogP contribution in [0.25, 0.3) is 6.08 Å². The molecule has 0 bridgehead atoms. The van der Waals surface area contributed by atoms with Gasteiger partial charge in [0.05, 0.1) is 5.57 Å². The van der Waals surface area contributed by atoms with Crippen molar-refractivity contribution in [1.29, 1.82) is 0 Å². The standard InChI is InChI=1S/C23H25NO6/c1-13-19(22(26)27)21(20(23(28)29)14(2)24-13)17-10-6-3-7-15(17)11-12-18(25)30-16-8-4-5-9-16/h3,6-7,10-12,16,19,21H,4-5,8-9H2,1-2H3,(H,26,27)(H,28,29). The Labute approximate surface area is 174 Å². The van der Waals surface area contributed by atoms with E-state index in [9.17, 15) is 24.6 Å². The molecule has 158 valence electrons. The summed E-state index contributed by atoms with van der Waals surface area (Å²) in [6, 6.07) is 6.89. The first kappa shape index (κ1) is 21.5. The maximum atomic E-state index is 12.2. The zero-order valence-corrected chi connectivity index (χ0v) is 17.0. The maximum absolute atomic E-state index is 12.2. The zero-order chi connectivity index (χ0) is 21.8. The van der Waals surface area contributed by atoms with Crippen LogP contribution in [-0.4, -0.2) is 39.9 Å². The minimum Gasteiger partial charge on any atom is -0.481 e. The van der Waals surface area contributed by atoms with Crippen LogP contribution in [0.3, 0.4) is 0 Å². The van der Waals surface area contributed by atoms with Crippen LogP contribution in [0.2, 0.25) is 0 Å². The van der Waals surface area contributed by atoms with Crippen molar-refractivity contribution in [3.05, 3.63) is 52.7 Å². The summed E-state index contributed by atoms with van der Waals surface area (Å²) in [5.74, 6) is -4.85. The lowest BCUT2D eigenvalue weighted by Crippen LogP contribution is -2.35. The average Bonchev–Trinajstić information content (AvgIpc) is 3.18. The minimum absolute atomic E-state index is 0.0533. The Morgan fingerprint density at radius 1 is 1.10 bits per heavy atom. The molecule has 1 aliphatic heterocycles. The molecule has 2 aliphatic rings. The number of rotatable bonds is 6. The maximum Gasteiger partial charge on any atom is 0.334 e. The van der Waals surface area contributed by atoms with Crippen molar-refractivity contribution in [2.45, 2.75) is 51.6 Å². The molecular weight excluding hydrogens is 386 g/mol. The van der Waals surface area contributed by atoms with Gasteiger partial charge in [-0.15, -0.1) is 0 Å². The van der Waals surface area contributed by atoms with Gasteiger partial charge >= 0.3 is 17.9 Å². The normalized spacial score (nSPS) is 22.3. The zero-order valence-electron chi connectivity index (χ0n) is 17.0. The van der Waals surface area contributed by atoms with Crippen LogP contribution < -0.4 is 0 Å². The molecule has 7 heteroatoms. The number of aliphatic imine (C=N–C) groups is 1. The van der Waals surface area contributed by atoms with E-state index in [-0.39, 0.29) is 17.4 Å². The van der Waals surface area contributed by atoms with Crippen LogP contribution in [-0.2, 0) is 19.1 Å². The summed E-state index contributed by atoms with van der Waals surface area (Å²) in [5, 5.41) is 19.6. The number of hydrogen-bond donors (Lipinski definition) is 2. The third kappa shape index (κ3) is 4.50. The van der Waals surface area contributed by atoms with E-state index in [2.05, 4.69) is 4.99 Å². The number of carbonyl (C=O) groups is 3. The van der Waals surface area contributed by atoms with E-state index < -0.39 is 29.7 Å². The highest BCUT2D eigenvalue weighted by Crippen LogP contribution is 2.40. The van der Waals surface area contributed by atoms with E-state index in [1.165, 1.54) is 6.08 Å². The molecule has 2 N–H and O–H groups in total. The van der Waals surface area contributed by atoms with Crippen LogP contribution in [0.5, 0.6) is 0 Å². The van der Waals surface area contributed by atoms with Crippen molar-refractivity contribution in [3.63, 3.8) is 0 Å². The minimum atomic E-state index is -1.21. The van der Waals surface area contributed by atoms with Crippen molar-refractivity contribution < 1.29 is 29.3 Å². The molecule has 0 saturated heterocycles. The number of carbonyl (C=O) groups excluding carboxylic acids is 1. The Morgan fingerprint density at radius 3 is 2.40 bits per heavy atom. The monoisotopic (exact) mass is 411 g/mol. The molecule has 1 aromatic rings. The molecule has 30 heavy (non-hydrogen) atoms. The summed E-state index contributed by atoms with van der Waals surface area (Å²) < 4.78 is 5.43. The van der Waals surface area contributed by atoms with Crippen LogP contribution >= 0.6 is 0 Å². The van der Waals surface area contributed by atoms with Crippen molar-refractivity contribution in [1.82, 2.24) is 0 Å². The summed E-state index contributed by atoms with van der Waals surface area (Å²) in [5.41, 5.74) is 1.65. The molecule has 1 heterocycles. The van der Waals surface area contributed by atoms with E-state index >= 15 is 0 Å². The molecular formula is C23H25NO6. The number of allylic oxidation sites excluding steroid dienone is 1. The SMILES string of the molecule is CC1=NC(C)=C(C(=O)O)C(c2ccccc2C=CC(=O)OC2CCCC2)C1C(=O)O. The van der Waals surface area contributed by atoms with Gasteiger partial charge in [-0.25, -0.2) is 9.59 Å². The van der Waals surface area contributed by atoms with Gasteiger partial charge in [-0.2, -0.15) is 0 Å². The Hall–Kier alpha value is -3.22. The van der Waals surface area contributed by atoms with Crippen LogP contribution in [0.4, 0.5) is 0 Å². The first-order valence-electron chi connectivity index (χ1n) is 9.99. The Bertz CT molecular complexity index is 952. The molecule has 1 fully saturated rings. The third-order valence-corrected chi connectivity index (χ3v) is 5.64. The number of nitrogens with zero attached hydrogens (tertiary/aromatic N) is 1. The molecule has 0 aromatic heterocycles. The fraction of sp³-hybridized carbons (Fsp3) is 0.391. The number of carboxylic acids is 2. The summed E-state index contributed by atoms with van der Waals surface area (Å²) >= 11 is 0. The fourth-order valence-electron chi connectivity index (χ4n) is 4.28. The Balaban J connectivity index is 1.98. The van der Waals surface area contributed by atoms with E-state index in [0.29, 0.717) is 16.8 Å².